The van der Waals surface area contributed by atoms with Gasteiger partial charge in [-0.05, 0) is 70.5 Å². The number of nitrogens with zero attached hydrogens (tertiary/aromatic N) is 2. The van der Waals surface area contributed by atoms with E-state index in [2.05, 4.69) is 38.7 Å². The van der Waals surface area contributed by atoms with Gasteiger partial charge < -0.3 is 19.0 Å². The summed E-state index contributed by atoms with van der Waals surface area (Å²) in [6.45, 7) is 8.23. The molecule has 0 radical (unpaired) electrons. The van der Waals surface area contributed by atoms with Crippen molar-refractivity contribution < 1.29 is 18.8 Å². The number of imidazole rings is 1. The summed E-state index contributed by atoms with van der Waals surface area (Å²) in [6.07, 6.45) is 5.30. The minimum Gasteiger partial charge on any atom is -0.453 e. The van der Waals surface area contributed by atoms with Crippen LogP contribution in [0.15, 0.2) is 18.2 Å². The van der Waals surface area contributed by atoms with E-state index in [0.717, 1.165) is 35.2 Å². The van der Waals surface area contributed by atoms with E-state index in [1.165, 1.54) is 26.4 Å². The molecule has 31 heavy (non-hydrogen) atoms. The zero-order valence-electron chi connectivity index (χ0n) is 19.1. The largest absolute Gasteiger partial charge is 0.494 e. The molecule has 1 aromatic carbocycles. The Kier molecular flexibility index (Phi) is 4.86. The highest BCUT2D eigenvalue weighted by Crippen LogP contribution is 2.46. The number of benzene rings is 1. The number of aromatic amines is 1. The fourth-order valence-electron chi connectivity index (χ4n) is 5.40. The molecule has 2 aliphatic heterocycles. The van der Waals surface area contributed by atoms with Gasteiger partial charge in [0.25, 0.3) is 0 Å². The van der Waals surface area contributed by atoms with Crippen molar-refractivity contribution >= 4 is 29.7 Å². The van der Waals surface area contributed by atoms with Gasteiger partial charge in [0.05, 0.1) is 35.4 Å². The molecule has 0 bridgehead atoms. The van der Waals surface area contributed by atoms with E-state index in [1.54, 1.807) is 0 Å². The molecule has 1 saturated carbocycles. The van der Waals surface area contributed by atoms with Crippen LogP contribution in [-0.4, -0.2) is 52.4 Å². The molecule has 3 atom stereocenters. The molecule has 2 saturated heterocycles. The van der Waals surface area contributed by atoms with Gasteiger partial charge in [-0.25, -0.2) is 9.78 Å². The molecule has 3 heterocycles. The Bertz CT molecular complexity index is 988. The second kappa shape index (κ2) is 7.24. The number of carbonyl (C=O) groups is 1. The minimum atomic E-state index is -0.415. The SMILES string of the molecule is COC(=O)N1[C@H](c2nc3ccc(B4OC(C)(C)C(C)(C)O4)cc3[nH]2)C[C@@H]2CCCC[C@@H]21. The second-order valence-corrected chi connectivity index (χ2v) is 10.2. The maximum atomic E-state index is 12.6. The van der Waals surface area contributed by atoms with Crippen molar-refractivity contribution in [1.82, 2.24) is 14.9 Å². The van der Waals surface area contributed by atoms with Crippen LogP contribution in [0.3, 0.4) is 0 Å². The average Bonchev–Trinajstić information content (AvgIpc) is 3.38. The third kappa shape index (κ3) is 3.35. The first kappa shape index (κ1) is 20.8. The highest BCUT2D eigenvalue weighted by Gasteiger charge is 2.52. The highest BCUT2D eigenvalue weighted by molar-refractivity contribution is 6.62. The van der Waals surface area contributed by atoms with E-state index in [9.17, 15) is 4.79 Å². The molecule has 1 aromatic heterocycles. The Morgan fingerprint density at radius 2 is 1.90 bits per heavy atom. The molecular weight excluding hydrogens is 393 g/mol. The Balaban J connectivity index is 1.45. The van der Waals surface area contributed by atoms with Gasteiger partial charge in [0.2, 0.25) is 0 Å². The summed E-state index contributed by atoms with van der Waals surface area (Å²) in [5.74, 6) is 1.35. The summed E-state index contributed by atoms with van der Waals surface area (Å²) >= 11 is 0. The number of ether oxygens (including phenoxy) is 1. The van der Waals surface area contributed by atoms with E-state index in [1.807, 2.05) is 17.0 Å². The van der Waals surface area contributed by atoms with Crippen molar-refractivity contribution in [3.63, 3.8) is 0 Å². The van der Waals surface area contributed by atoms with Crippen LogP contribution in [0.25, 0.3) is 11.0 Å². The molecule has 3 fully saturated rings. The molecule has 3 aliphatic rings. The monoisotopic (exact) mass is 425 g/mol. The minimum absolute atomic E-state index is 0.0757. The maximum Gasteiger partial charge on any atom is 0.494 e. The quantitative estimate of drug-likeness (QED) is 0.738. The fourth-order valence-corrected chi connectivity index (χ4v) is 5.40. The average molecular weight is 425 g/mol. The lowest BCUT2D eigenvalue weighted by Gasteiger charge is -2.32. The van der Waals surface area contributed by atoms with Gasteiger partial charge >= 0.3 is 13.2 Å². The lowest BCUT2D eigenvalue weighted by molar-refractivity contribution is 0.00578. The van der Waals surface area contributed by atoms with Crippen LogP contribution in [0.2, 0.25) is 0 Å². The number of nitrogens with one attached hydrogen (secondary N) is 1. The summed E-state index contributed by atoms with van der Waals surface area (Å²) in [6, 6.07) is 6.24. The molecule has 166 valence electrons. The predicted molar refractivity (Wildman–Crippen MR) is 119 cm³/mol. The lowest BCUT2D eigenvalue weighted by Crippen LogP contribution is -2.41. The normalized spacial score (nSPS) is 29.4. The van der Waals surface area contributed by atoms with Crippen LogP contribution in [0.4, 0.5) is 4.79 Å². The number of fused-ring (bicyclic) bond motifs is 2. The molecule has 1 N–H and O–H groups in total. The van der Waals surface area contributed by atoms with Crippen molar-refractivity contribution in [3.8, 4) is 0 Å². The van der Waals surface area contributed by atoms with Crippen molar-refractivity contribution in [2.45, 2.75) is 83.1 Å². The van der Waals surface area contributed by atoms with Gasteiger partial charge in [-0.1, -0.05) is 18.9 Å². The smallest absolute Gasteiger partial charge is 0.453 e. The number of H-pyrrole nitrogens is 1. The first-order valence-electron chi connectivity index (χ1n) is 11.4. The Morgan fingerprint density at radius 3 is 2.61 bits per heavy atom. The molecule has 2 aromatic rings. The topological polar surface area (TPSA) is 76.7 Å². The predicted octanol–water partition coefficient (Wildman–Crippen LogP) is 3.93. The van der Waals surface area contributed by atoms with Crippen molar-refractivity contribution in [2.75, 3.05) is 7.11 Å². The van der Waals surface area contributed by atoms with Crippen molar-refractivity contribution in [1.29, 1.82) is 0 Å². The van der Waals surface area contributed by atoms with Gasteiger partial charge in [-0.2, -0.15) is 0 Å². The van der Waals surface area contributed by atoms with E-state index in [-0.39, 0.29) is 29.4 Å². The van der Waals surface area contributed by atoms with Crippen molar-refractivity contribution in [2.24, 2.45) is 5.92 Å². The summed E-state index contributed by atoms with van der Waals surface area (Å²) < 4.78 is 17.6. The van der Waals surface area contributed by atoms with Gasteiger partial charge in [-0.15, -0.1) is 0 Å². The number of carbonyl (C=O) groups excluding carboxylic acids is 1. The van der Waals surface area contributed by atoms with Crippen LogP contribution in [0, 0.1) is 5.92 Å². The Morgan fingerprint density at radius 1 is 1.19 bits per heavy atom. The van der Waals surface area contributed by atoms with Crippen molar-refractivity contribution in [3.05, 3.63) is 24.0 Å². The molecule has 7 nitrogen and oxygen atoms in total. The van der Waals surface area contributed by atoms with Gasteiger partial charge in [-0.3, -0.25) is 4.90 Å². The number of hydrogen-bond donors (Lipinski definition) is 1. The zero-order chi connectivity index (χ0) is 22.0. The highest BCUT2D eigenvalue weighted by atomic mass is 16.7. The maximum absolute atomic E-state index is 12.6. The van der Waals surface area contributed by atoms with Crippen LogP contribution >= 0.6 is 0 Å². The van der Waals surface area contributed by atoms with E-state index in [4.69, 9.17) is 19.0 Å². The standard InChI is InChI=1S/C23H32BN3O4/c1-22(2)23(3,4)31-24(30-22)15-10-11-16-17(13-15)26-20(25-16)19-12-14-8-6-7-9-18(14)27(19)21(28)29-5/h10-11,13-14,18-19H,6-9,12H2,1-5H3,(H,25,26)/t14-,18-,19-/m0/s1. The summed E-state index contributed by atoms with van der Waals surface area (Å²) in [5, 5.41) is 0. The number of aromatic nitrogens is 2. The van der Waals surface area contributed by atoms with Gasteiger partial charge in [0.1, 0.15) is 5.82 Å². The lowest BCUT2D eigenvalue weighted by atomic mass is 9.79. The Labute approximate surface area is 184 Å². The summed E-state index contributed by atoms with van der Waals surface area (Å²) in [4.78, 5) is 22.9. The van der Waals surface area contributed by atoms with Crippen LogP contribution in [0.5, 0.6) is 0 Å². The fraction of sp³-hybridized carbons (Fsp3) is 0.652. The number of amides is 1. The van der Waals surface area contributed by atoms with E-state index >= 15 is 0 Å². The second-order valence-electron chi connectivity index (χ2n) is 10.2. The van der Waals surface area contributed by atoms with Crippen LogP contribution in [-0.2, 0) is 14.0 Å². The molecule has 5 rings (SSSR count). The number of hydrogen-bond acceptors (Lipinski definition) is 5. The van der Waals surface area contributed by atoms with Crippen LogP contribution in [0.1, 0.15) is 71.7 Å². The van der Waals surface area contributed by atoms with E-state index < -0.39 is 7.12 Å². The van der Waals surface area contributed by atoms with E-state index in [0.29, 0.717) is 5.92 Å². The number of rotatable bonds is 2. The van der Waals surface area contributed by atoms with Crippen LogP contribution < -0.4 is 5.46 Å². The molecule has 1 aliphatic carbocycles. The Hall–Kier alpha value is -2.06. The molecular formula is C23H32BN3O4. The van der Waals surface area contributed by atoms with Gasteiger partial charge in [0, 0.05) is 6.04 Å². The molecule has 8 heteroatoms. The number of likely N-dealkylation sites (tertiary alicyclic amines) is 1. The number of methoxy groups -OCH3 is 1. The molecule has 0 unspecified atom stereocenters. The summed E-state index contributed by atoms with van der Waals surface area (Å²) in [7, 11) is 1.05. The van der Waals surface area contributed by atoms with Gasteiger partial charge in [0.15, 0.2) is 0 Å². The zero-order valence-corrected chi connectivity index (χ0v) is 19.1. The first-order valence-corrected chi connectivity index (χ1v) is 11.4. The summed E-state index contributed by atoms with van der Waals surface area (Å²) in [5.41, 5.74) is 2.02. The third-order valence-electron chi connectivity index (χ3n) is 7.84. The molecule has 0 spiro atoms. The molecule has 1 amide bonds. The third-order valence-corrected chi connectivity index (χ3v) is 7.84. The first-order chi connectivity index (χ1) is 14.7.